The Morgan fingerprint density at radius 2 is 1.94 bits per heavy atom. The van der Waals surface area contributed by atoms with Crippen molar-refractivity contribution in [3.8, 4) is 0 Å². The Morgan fingerprint density at radius 3 is 2.75 bits per heavy atom. The number of aromatic nitrogens is 3. The second kappa shape index (κ2) is 8.96. The van der Waals surface area contributed by atoms with E-state index in [9.17, 15) is 9.59 Å². The van der Waals surface area contributed by atoms with E-state index >= 15 is 0 Å². The summed E-state index contributed by atoms with van der Waals surface area (Å²) in [5.41, 5.74) is 1.62. The zero-order valence-corrected chi connectivity index (χ0v) is 18.1. The Bertz CT molecular complexity index is 1210. The smallest absolute Gasteiger partial charge is 0.290 e. The molecule has 5 rings (SSSR count). The van der Waals surface area contributed by atoms with Gasteiger partial charge in [0.2, 0.25) is 5.95 Å². The fourth-order valence-electron chi connectivity index (χ4n) is 3.90. The van der Waals surface area contributed by atoms with Gasteiger partial charge in [-0.1, -0.05) is 18.2 Å². The lowest BCUT2D eigenvalue weighted by Gasteiger charge is -2.32. The lowest BCUT2D eigenvalue weighted by atomic mass is 9.97. The molecule has 8 nitrogen and oxygen atoms in total. The molecule has 162 valence electrons. The number of carbonyl (C=O) groups is 2. The first kappa shape index (κ1) is 20.4. The predicted molar refractivity (Wildman–Crippen MR) is 126 cm³/mol. The lowest BCUT2D eigenvalue weighted by molar-refractivity contribution is -0.115. The number of hydrogen-bond acceptors (Lipinski definition) is 8. The van der Waals surface area contributed by atoms with Gasteiger partial charge < -0.3 is 10.2 Å². The van der Waals surface area contributed by atoms with Gasteiger partial charge in [-0.15, -0.1) is 0 Å². The summed E-state index contributed by atoms with van der Waals surface area (Å²) in [6.45, 7) is 2.61. The van der Waals surface area contributed by atoms with Gasteiger partial charge in [-0.3, -0.25) is 14.9 Å². The molecule has 4 heterocycles. The van der Waals surface area contributed by atoms with Crippen LogP contribution in [0.4, 0.5) is 16.6 Å². The van der Waals surface area contributed by atoms with E-state index in [1.54, 1.807) is 18.3 Å². The topological polar surface area (TPSA) is 100 Å². The van der Waals surface area contributed by atoms with Gasteiger partial charge in [-0.2, -0.15) is 0 Å². The highest BCUT2D eigenvalue weighted by molar-refractivity contribution is 8.18. The summed E-state index contributed by atoms with van der Waals surface area (Å²) in [4.78, 5) is 39.3. The maximum absolute atomic E-state index is 11.8. The van der Waals surface area contributed by atoms with Gasteiger partial charge >= 0.3 is 0 Å². The van der Waals surface area contributed by atoms with Gasteiger partial charge in [-0.05, 0) is 60.9 Å². The van der Waals surface area contributed by atoms with E-state index in [-0.39, 0.29) is 11.1 Å². The molecule has 9 heteroatoms. The van der Waals surface area contributed by atoms with E-state index in [0.717, 1.165) is 61.0 Å². The molecule has 0 saturated carbocycles. The van der Waals surface area contributed by atoms with Gasteiger partial charge in [0.15, 0.2) is 0 Å². The first-order chi connectivity index (χ1) is 15.6. The van der Waals surface area contributed by atoms with Crippen molar-refractivity contribution in [2.24, 2.45) is 5.92 Å². The van der Waals surface area contributed by atoms with Crippen LogP contribution in [-0.2, 0) is 4.79 Å². The Kier molecular flexibility index (Phi) is 5.72. The van der Waals surface area contributed by atoms with E-state index in [1.165, 1.54) is 0 Å². The summed E-state index contributed by atoms with van der Waals surface area (Å²) in [6.07, 6.45) is 5.38. The molecule has 1 aromatic carbocycles. The van der Waals surface area contributed by atoms with Crippen molar-refractivity contribution in [3.05, 3.63) is 59.3 Å². The third kappa shape index (κ3) is 4.57. The summed E-state index contributed by atoms with van der Waals surface area (Å²) < 4.78 is 0. The van der Waals surface area contributed by atoms with Crippen LogP contribution in [0.1, 0.15) is 18.5 Å². The molecule has 0 bridgehead atoms. The quantitative estimate of drug-likeness (QED) is 0.573. The van der Waals surface area contributed by atoms with Crippen molar-refractivity contribution in [2.75, 3.05) is 29.9 Å². The summed E-state index contributed by atoms with van der Waals surface area (Å²) in [6, 6.07) is 14.0. The zero-order chi connectivity index (χ0) is 21.9. The van der Waals surface area contributed by atoms with Gasteiger partial charge in [0.25, 0.3) is 11.1 Å². The minimum atomic E-state index is -0.380. The van der Waals surface area contributed by atoms with Crippen LogP contribution in [0, 0.1) is 5.92 Å². The Hall–Kier alpha value is -3.46. The number of nitrogens with zero attached hydrogens (tertiary/aromatic N) is 4. The molecule has 2 N–H and O–H groups in total. The van der Waals surface area contributed by atoms with Crippen molar-refractivity contribution in [1.82, 2.24) is 20.3 Å². The number of anilines is 2. The normalized spacial score (nSPS) is 18.4. The zero-order valence-electron chi connectivity index (χ0n) is 17.3. The van der Waals surface area contributed by atoms with Crippen LogP contribution >= 0.6 is 11.8 Å². The number of nitrogens with one attached hydrogen (secondary N) is 2. The minimum Gasteiger partial charge on any atom is -0.370 e. The summed E-state index contributed by atoms with van der Waals surface area (Å²) in [5, 5.41) is 6.52. The van der Waals surface area contributed by atoms with Crippen molar-refractivity contribution >= 4 is 51.7 Å². The molecular formula is C23H22N6O2S. The molecule has 0 spiro atoms. The molecule has 0 atom stereocenters. The van der Waals surface area contributed by atoms with Gasteiger partial charge in [0.1, 0.15) is 5.82 Å². The van der Waals surface area contributed by atoms with Crippen LogP contribution in [0.25, 0.3) is 17.0 Å². The van der Waals surface area contributed by atoms with Crippen LogP contribution in [0.5, 0.6) is 0 Å². The standard InChI is InChI=1S/C23H22N6O2S/c30-21-19(32-23(31)28-21)13-17-7-10-24-22(26-17)29-11-8-15(9-12-29)14-25-20-6-5-16-3-1-2-4-18(16)27-20/h1-7,10,13,15H,8-9,11-12,14H2,(H,25,27)(H,28,30,31)/b19-13-. The number of fused-ring (bicyclic) bond motifs is 1. The number of para-hydroxylation sites is 1. The van der Waals surface area contributed by atoms with Crippen molar-refractivity contribution in [3.63, 3.8) is 0 Å². The maximum atomic E-state index is 11.8. The van der Waals surface area contributed by atoms with Crippen LogP contribution in [0.15, 0.2) is 53.6 Å². The highest BCUT2D eigenvalue weighted by Gasteiger charge is 2.25. The molecule has 0 aliphatic carbocycles. The molecule has 2 fully saturated rings. The summed E-state index contributed by atoms with van der Waals surface area (Å²) in [7, 11) is 0. The highest BCUT2D eigenvalue weighted by Crippen LogP contribution is 2.26. The minimum absolute atomic E-state index is 0.353. The fourth-order valence-corrected chi connectivity index (χ4v) is 4.57. The van der Waals surface area contributed by atoms with Crippen molar-refractivity contribution < 1.29 is 9.59 Å². The van der Waals surface area contributed by atoms with Crippen LogP contribution in [0.2, 0.25) is 0 Å². The number of imide groups is 1. The monoisotopic (exact) mass is 446 g/mol. The van der Waals surface area contributed by atoms with Crippen molar-refractivity contribution in [1.29, 1.82) is 0 Å². The number of benzene rings is 1. The highest BCUT2D eigenvalue weighted by atomic mass is 32.2. The SMILES string of the molecule is O=C1NC(=O)/C(=C/c2ccnc(N3CCC(CNc4ccc5ccccc5n4)CC3)n2)S1. The lowest BCUT2D eigenvalue weighted by Crippen LogP contribution is -2.37. The Morgan fingerprint density at radius 1 is 1.09 bits per heavy atom. The predicted octanol–water partition coefficient (Wildman–Crippen LogP) is 3.68. The van der Waals surface area contributed by atoms with Gasteiger partial charge in [0.05, 0.1) is 16.1 Å². The summed E-state index contributed by atoms with van der Waals surface area (Å²) >= 11 is 0.890. The first-order valence-corrected chi connectivity index (χ1v) is 11.4. The van der Waals surface area contributed by atoms with E-state index in [4.69, 9.17) is 0 Å². The summed E-state index contributed by atoms with van der Waals surface area (Å²) in [5.74, 6) is 1.72. The Labute approximate surface area is 189 Å². The number of pyridine rings is 1. The van der Waals surface area contributed by atoms with Gasteiger partial charge in [0, 0.05) is 31.2 Å². The average Bonchev–Trinajstić information content (AvgIpc) is 3.14. The molecular weight excluding hydrogens is 424 g/mol. The van der Waals surface area contributed by atoms with Crippen LogP contribution in [0.3, 0.4) is 0 Å². The number of thioether (sulfide) groups is 1. The number of amides is 2. The third-order valence-corrected chi connectivity index (χ3v) is 6.46. The molecule has 0 unspecified atom stereocenters. The van der Waals surface area contributed by atoms with E-state index < -0.39 is 0 Å². The van der Waals surface area contributed by atoms with Crippen LogP contribution in [-0.4, -0.2) is 45.7 Å². The van der Waals surface area contributed by atoms with Gasteiger partial charge in [-0.25, -0.2) is 15.0 Å². The number of carbonyl (C=O) groups excluding carboxylic acids is 2. The molecule has 2 saturated heterocycles. The number of piperidine rings is 1. The fraction of sp³-hybridized carbons (Fsp3) is 0.261. The molecule has 2 aliphatic heterocycles. The van der Waals surface area contributed by atoms with E-state index in [1.807, 2.05) is 24.3 Å². The second-order valence-electron chi connectivity index (χ2n) is 7.83. The molecule has 2 aliphatic rings. The molecule has 32 heavy (non-hydrogen) atoms. The third-order valence-electron chi connectivity index (χ3n) is 5.65. The van der Waals surface area contributed by atoms with Crippen molar-refractivity contribution in [2.45, 2.75) is 12.8 Å². The van der Waals surface area contributed by atoms with E-state index in [0.29, 0.717) is 22.5 Å². The van der Waals surface area contributed by atoms with E-state index in [2.05, 4.69) is 42.6 Å². The molecule has 2 aromatic heterocycles. The molecule has 0 radical (unpaired) electrons. The number of hydrogen-bond donors (Lipinski definition) is 2. The largest absolute Gasteiger partial charge is 0.370 e. The van der Waals surface area contributed by atoms with Crippen LogP contribution < -0.4 is 15.5 Å². The second-order valence-corrected chi connectivity index (χ2v) is 8.85. The average molecular weight is 447 g/mol. The number of rotatable bonds is 5. The first-order valence-electron chi connectivity index (χ1n) is 10.6. The Balaban J connectivity index is 1.17. The molecule has 3 aromatic rings. The molecule has 2 amide bonds. The maximum Gasteiger partial charge on any atom is 0.290 e.